The van der Waals surface area contributed by atoms with E-state index in [2.05, 4.69) is 24.3 Å². The van der Waals surface area contributed by atoms with Crippen LogP contribution in [0, 0.1) is 0 Å². The number of benzene rings is 2. The van der Waals surface area contributed by atoms with Crippen LogP contribution < -0.4 is 5.73 Å². The van der Waals surface area contributed by atoms with Crippen LogP contribution in [-0.2, 0) is 11.2 Å². The zero-order valence-corrected chi connectivity index (χ0v) is 12.6. The number of halogens is 1. The molecule has 2 aromatic rings. The summed E-state index contributed by atoms with van der Waals surface area (Å²) >= 11 is 7.80. The van der Waals surface area contributed by atoms with Gasteiger partial charge in [-0.25, -0.2) is 0 Å². The van der Waals surface area contributed by atoms with Crippen LogP contribution in [0.5, 0.6) is 0 Å². The molecule has 0 saturated heterocycles. The van der Waals surface area contributed by atoms with Gasteiger partial charge in [-0.05, 0) is 35.7 Å². The number of fused-ring (bicyclic) bond motifs is 1. The monoisotopic (exact) mass is 305 g/mol. The first-order valence-electron chi connectivity index (χ1n) is 6.61. The highest BCUT2D eigenvalue weighted by molar-refractivity contribution is 7.99. The van der Waals surface area contributed by atoms with E-state index >= 15 is 0 Å². The fourth-order valence-corrected chi connectivity index (χ4v) is 3.61. The van der Waals surface area contributed by atoms with Gasteiger partial charge in [-0.15, -0.1) is 11.8 Å². The molecule has 2 N–H and O–H groups in total. The minimum Gasteiger partial charge on any atom is -0.398 e. The molecule has 20 heavy (non-hydrogen) atoms. The average molecular weight is 306 g/mol. The first-order chi connectivity index (χ1) is 9.74. The van der Waals surface area contributed by atoms with Gasteiger partial charge in [-0.2, -0.15) is 0 Å². The maximum atomic E-state index is 6.05. The lowest BCUT2D eigenvalue weighted by atomic mass is 9.99. The van der Waals surface area contributed by atoms with Gasteiger partial charge in [-0.1, -0.05) is 35.9 Å². The molecule has 3 rings (SSSR count). The number of hydrogen-bond acceptors (Lipinski definition) is 3. The van der Waals surface area contributed by atoms with E-state index in [1.54, 1.807) is 11.8 Å². The Bertz CT molecular complexity index is 617. The van der Waals surface area contributed by atoms with Crippen molar-refractivity contribution in [2.75, 3.05) is 18.1 Å². The van der Waals surface area contributed by atoms with Gasteiger partial charge in [0.05, 0.1) is 23.4 Å². The standard InChI is InChI=1S/C16H16ClNOS/c17-14-9-12(5-6-15(14)18)20-10-16-13-4-2-1-3-11(13)7-8-19-16/h1-6,9,16H,7-8,10,18H2. The minimum atomic E-state index is 0.154. The molecule has 1 heterocycles. The maximum Gasteiger partial charge on any atom is 0.0921 e. The van der Waals surface area contributed by atoms with Crippen LogP contribution >= 0.6 is 23.4 Å². The predicted molar refractivity (Wildman–Crippen MR) is 85.4 cm³/mol. The summed E-state index contributed by atoms with van der Waals surface area (Å²) in [4.78, 5) is 1.12. The Morgan fingerprint density at radius 2 is 2.10 bits per heavy atom. The first kappa shape index (κ1) is 13.8. The van der Waals surface area contributed by atoms with E-state index in [1.807, 2.05) is 18.2 Å². The van der Waals surface area contributed by atoms with Gasteiger partial charge in [-0.3, -0.25) is 0 Å². The number of nitrogens with two attached hydrogens (primary N) is 1. The van der Waals surface area contributed by atoms with Crippen LogP contribution in [0.25, 0.3) is 0 Å². The summed E-state index contributed by atoms with van der Waals surface area (Å²) in [5, 5.41) is 0.611. The summed E-state index contributed by atoms with van der Waals surface area (Å²) < 4.78 is 5.90. The molecule has 0 radical (unpaired) electrons. The molecule has 0 amide bonds. The Kier molecular flexibility index (Phi) is 4.20. The van der Waals surface area contributed by atoms with Crippen molar-refractivity contribution in [1.29, 1.82) is 0 Å². The van der Waals surface area contributed by atoms with Gasteiger partial charge < -0.3 is 10.5 Å². The van der Waals surface area contributed by atoms with Crippen molar-refractivity contribution in [3.63, 3.8) is 0 Å². The van der Waals surface area contributed by atoms with Crippen LogP contribution in [-0.4, -0.2) is 12.4 Å². The third-order valence-electron chi connectivity index (χ3n) is 3.47. The maximum absolute atomic E-state index is 6.05. The van der Waals surface area contributed by atoms with Crippen LogP contribution in [0.2, 0.25) is 5.02 Å². The second-order valence-electron chi connectivity index (χ2n) is 4.80. The van der Waals surface area contributed by atoms with Gasteiger partial charge in [0.1, 0.15) is 0 Å². The van der Waals surface area contributed by atoms with Crippen molar-refractivity contribution in [1.82, 2.24) is 0 Å². The molecule has 1 aliphatic rings. The summed E-state index contributed by atoms with van der Waals surface area (Å²) in [6.45, 7) is 0.796. The Morgan fingerprint density at radius 3 is 2.95 bits per heavy atom. The fraction of sp³-hybridized carbons (Fsp3) is 0.250. The fourth-order valence-electron chi connectivity index (χ4n) is 2.38. The van der Waals surface area contributed by atoms with Crippen molar-refractivity contribution in [2.24, 2.45) is 0 Å². The predicted octanol–water partition coefficient (Wildman–Crippen LogP) is 4.33. The Balaban J connectivity index is 1.71. The van der Waals surface area contributed by atoms with E-state index < -0.39 is 0 Å². The second kappa shape index (κ2) is 6.08. The van der Waals surface area contributed by atoms with Crippen molar-refractivity contribution in [2.45, 2.75) is 17.4 Å². The topological polar surface area (TPSA) is 35.2 Å². The third kappa shape index (κ3) is 2.95. The van der Waals surface area contributed by atoms with E-state index in [1.165, 1.54) is 11.1 Å². The molecule has 0 bridgehead atoms. The summed E-state index contributed by atoms with van der Waals surface area (Å²) in [6.07, 6.45) is 1.16. The average Bonchev–Trinajstić information content (AvgIpc) is 2.48. The molecular weight excluding hydrogens is 290 g/mol. The zero-order chi connectivity index (χ0) is 13.9. The Labute approximate surface area is 128 Å². The van der Waals surface area contributed by atoms with Crippen molar-refractivity contribution < 1.29 is 4.74 Å². The molecule has 1 atom stereocenters. The van der Waals surface area contributed by atoms with Crippen molar-refractivity contribution >= 4 is 29.1 Å². The minimum absolute atomic E-state index is 0.154. The summed E-state index contributed by atoms with van der Waals surface area (Å²) in [6, 6.07) is 14.3. The molecule has 104 valence electrons. The normalized spacial score (nSPS) is 17.8. The molecule has 4 heteroatoms. The summed E-state index contributed by atoms with van der Waals surface area (Å²) in [5.74, 6) is 0.886. The number of thioether (sulfide) groups is 1. The molecule has 0 saturated carbocycles. The SMILES string of the molecule is Nc1ccc(SCC2OCCc3ccccc32)cc1Cl. The lowest BCUT2D eigenvalue weighted by molar-refractivity contribution is 0.0588. The highest BCUT2D eigenvalue weighted by atomic mass is 35.5. The number of rotatable bonds is 3. The molecule has 2 aromatic carbocycles. The van der Waals surface area contributed by atoms with Gasteiger partial charge in [0, 0.05) is 10.6 Å². The van der Waals surface area contributed by atoms with Crippen LogP contribution in [0.3, 0.4) is 0 Å². The number of anilines is 1. The van der Waals surface area contributed by atoms with E-state index in [-0.39, 0.29) is 6.10 Å². The smallest absolute Gasteiger partial charge is 0.0921 e. The zero-order valence-electron chi connectivity index (χ0n) is 11.0. The van der Waals surface area contributed by atoms with E-state index in [0.717, 1.165) is 23.7 Å². The van der Waals surface area contributed by atoms with Gasteiger partial charge in [0.15, 0.2) is 0 Å². The van der Waals surface area contributed by atoms with Gasteiger partial charge in [0.25, 0.3) is 0 Å². The molecule has 1 unspecified atom stereocenters. The molecular formula is C16H16ClNOS. The van der Waals surface area contributed by atoms with Crippen LogP contribution in [0.15, 0.2) is 47.4 Å². The summed E-state index contributed by atoms with van der Waals surface area (Å²) in [5.41, 5.74) is 9.06. The number of ether oxygens (including phenoxy) is 1. The highest BCUT2D eigenvalue weighted by Crippen LogP contribution is 2.33. The van der Waals surface area contributed by atoms with Crippen LogP contribution in [0.1, 0.15) is 17.2 Å². The molecule has 0 aromatic heterocycles. The second-order valence-corrected chi connectivity index (χ2v) is 6.30. The summed E-state index contributed by atoms with van der Waals surface area (Å²) in [7, 11) is 0. The van der Waals surface area contributed by atoms with Gasteiger partial charge in [0.2, 0.25) is 0 Å². The van der Waals surface area contributed by atoms with E-state index in [9.17, 15) is 0 Å². The number of hydrogen-bond donors (Lipinski definition) is 1. The van der Waals surface area contributed by atoms with Crippen LogP contribution in [0.4, 0.5) is 5.69 Å². The molecule has 0 spiro atoms. The first-order valence-corrected chi connectivity index (χ1v) is 7.97. The van der Waals surface area contributed by atoms with Gasteiger partial charge >= 0.3 is 0 Å². The molecule has 0 aliphatic carbocycles. The molecule has 1 aliphatic heterocycles. The highest BCUT2D eigenvalue weighted by Gasteiger charge is 2.20. The Morgan fingerprint density at radius 1 is 1.25 bits per heavy atom. The number of nitrogen functional groups attached to an aromatic ring is 1. The van der Waals surface area contributed by atoms with Crippen molar-refractivity contribution in [3.8, 4) is 0 Å². The van der Waals surface area contributed by atoms with Crippen molar-refractivity contribution in [3.05, 3.63) is 58.6 Å². The van der Waals surface area contributed by atoms with E-state index in [0.29, 0.717) is 10.7 Å². The molecule has 0 fully saturated rings. The largest absolute Gasteiger partial charge is 0.398 e. The third-order valence-corrected chi connectivity index (χ3v) is 4.85. The quantitative estimate of drug-likeness (QED) is 0.677. The molecule has 2 nitrogen and oxygen atoms in total. The Hall–Kier alpha value is -1.16. The lowest BCUT2D eigenvalue weighted by Gasteiger charge is -2.25. The lowest BCUT2D eigenvalue weighted by Crippen LogP contribution is -2.17. The van der Waals surface area contributed by atoms with E-state index in [4.69, 9.17) is 22.1 Å².